The second-order valence-corrected chi connectivity index (χ2v) is 5.57. The number of nitrogens with one attached hydrogen (secondary N) is 2. The van der Waals surface area contributed by atoms with Crippen LogP contribution in [0.5, 0.6) is 0 Å². The van der Waals surface area contributed by atoms with E-state index in [-0.39, 0.29) is 22.7 Å². The highest BCUT2D eigenvalue weighted by Crippen LogP contribution is 2.44. The second kappa shape index (κ2) is 5.73. The van der Waals surface area contributed by atoms with E-state index in [1.54, 1.807) is 0 Å². The lowest BCUT2D eigenvalue weighted by molar-refractivity contribution is -0.137. The van der Waals surface area contributed by atoms with Crippen LogP contribution in [0.4, 0.5) is 23.7 Å². The Hall–Kier alpha value is -1.47. The number of benzene rings is 1. The molecule has 0 aromatic heterocycles. The van der Waals surface area contributed by atoms with Gasteiger partial charge in [-0.1, -0.05) is 11.6 Å². The van der Waals surface area contributed by atoms with Crippen molar-refractivity contribution in [1.29, 1.82) is 0 Å². The van der Waals surface area contributed by atoms with Crippen LogP contribution in [0, 0.1) is 5.41 Å². The van der Waals surface area contributed by atoms with Gasteiger partial charge in [0.25, 0.3) is 0 Å². The Kier molecular flexibility index (Phi) is 4.34. The molecule has 1 aromatic carbocycles. The third-order valence-corrected chi connectivity index (χ3v) is 3.77. The van der Waals surface area contributed by atoms with Gasteiger partial charge in [-0.05, 0) is 31.0 Å². The van der Waals surface area contributed by atoms with Crippen molar-refractivity contribution in [3.63, 3.8) is 0 Å². The van der Waals surface area contributed by atoms with Gasteiger partial charge in [0.2, 0.25) is 0 Å². The van der Waals surface area contributed by atoms with Crippen LogP contribution < -0.4 is 10.6 Å². The fraction of sp³-hybridized carbons (Fsp3) is 0.462. The zero-order valence-corrected chi connectivity index (χ0v) is 11.7. The Morgan fingerprint density at radius 3 is 2.52 bits per heavy atom. The summed E-state index contributed by atoms with van der Waals surface area (Å²) in [6, 6.07) is 2.13. The van der Waals surface area contributed by atoms with Crippen LogP contribution in [0.15, 0.2) is 18.2 Å². The molecular weight excluding hydrogens is 309 g/mol. The van der Waals surface area contributed by atoms with Crippen LogP contribution in [0.1, 0.15) is 18.4 Å². The maximum atomic E-state index is 12.5. The minimum Gasteiger partial charge on any atom is -0.396 e. The summed E-state index contributed by atoms with van der Waals surface area (Å²) < 4.78 is 37.4. The first kappa shape index (κ1) is 15.9. The van der Waals surface area contributed by atoms with Gasteiger partial charge in [0, 0.05) is 12.0 Å². The fourth-order valence-electron chi connectivity index (χ4n) is 1.79. The Labute approximate surface area is 124 Å². The monoisotopic (exact) mass is 322 g/mol. The lowest BCUT2D eigenvalue weighted by Gasteiger charge is -2.14. The first-order chi connectivity index (χ1) is 9.76. The van der Waals surface area contributed by atoms with Crippen LogP contribution >= 0.6 is 11.6 Å². The van der Waals surface area contributed by atoms with Crippen LogP contribution in [-0.4, -0.2) is 24.3 Å². The third kappa shape index (κ3) is 4.01. The number of alkyl halides is 3. The van der Waals surface area contributed by atoms with Gasteiger partial charge in [-0.2, -0.15) is 13.2 Å². The number of hydrogen-bond donors (Lipinski definition) is 3. The van der Waals surface area contributed by atoms with Crippen LogP contribution in [-0.2, 0) is 6.18 Å². The van der Waals surface area contributed by atoms with Crippen molar-refractivity contribution in [2.45, 2.75) is 19.0 Å². The van der Waals surface area contributed by atoms with Gasteiger partial charge in [-0.15, -0.1) is 0 Å². The number of hydrogen-bond acceptors (Lipinski definition) is 2. The van der Waals surface area contributed by atoms with E-state index in [1.165, 1.54) is 0 Å². The van der Waals surface area contributed by atoms with E-state index in [1.807, 2.05) is 0 Å². The first-order valence-corrected chi connectivity index (χ1v) is 6.66. The van der Waals surface area contributed by atoms with E-state index in [4.69, 9.17) is 16.7 Å². The molecule has 0 aliphatic heterocycles. The molecule has 1 saturated carbocycles. The Morgan fingerprint density at radius 2 is 2.05 bits per heavy atom. The number of carbonyl (C=O) groups is 1. The zero-order valence-electron chi connectivity index (χ0n) is 10.9. The van der Waals surface area contributed by atoms with Crippen molar-refractivity contribution in [3.05, 3.63) is 28.8 Å². The first-order valence-electron chi connectivity index (χ1n) is 6.28. The summed E-state index contributed by atoms with van der Waals surface area (Å²) in [6.07, 6.45) is -2.81. The molecule has 116 valence electrons. The number of amides is 2. The molecule has 1 aliphatic rings. The van der Waals surface area contributed by atoms with E-state index in [9.17, 15) is 18.0 Å². The van der Waals surface area contributed by atoms with Gasteiger partial charge in [0.1, 0.15) is 0 Å². The third-order valence-electron chi connectivity index (χ3n) is 3.46. The van der Waals surface area contributed by atoms with E-state index in [0.29, 0.717) is 6.54 Å². The molecule has 4 nitrogen and oxygen atoms in total. The molecule has 0 saturated heterocycles. The Morgan fingerprint density at radius 1 is 1.38 bits per heavy atom. The number of halogens is 4. The quantitative estimate of drug-likeness (QED) is 0.797. The summed E-state index contributed by atoms with van der Waals surface area (Å²) in [5.74, 6) is 0. The van der Waals surface area contributed by atoms with Crippen molar-refractivity contribution in [2.75, 3.05) is 18.5 Å². The fourth-order valence-corrected chi connectivity index (χ4v) is 2.02. The standard InChI is InChI=1S/C13H14ClF3N2O2/c14-9-5-8(13(15,16)17)1-2-10(9)19-11(21)18-6-12(7-20)3-4-12/h1-2,5,20H,3-4,6-7H2,(H2,18,19,21). The molecule has 0 bridgehead atoms. The maximum Gasteiger partial charge on any atom is 0.416 e. The molecule has 0 radical (unpaired) electrons. The number of aliphatic hydroxyl groups is 1. The minimum absolute atomic E-state index is 0.00564. The summed E-state index contributed by atoms with van der Waals surface area (Å²) in [5.41, 5.74) is -1.03. The molecule has 1 aliphatic carbocycles. The zero-order chi connectivity index (χ0) is 15.7. The number of urea groups is 1. The normalized spacial score (nSPS) is 16.4. The Bertz CT molecular complexity index is 545. The van der Waals surface area contributed by atoms with Crippen molar-refractivity contribution in [1.82, 2.24) is 5.32 Å². The van der Waals surface area contributed by atoms with E-state index in [2.05, 4.69) is 10.6 Å². The topological polar surface area (TPSA) is 61.4 Å². The SMILES string of the molecule is O=C(NCC1(CO)CC1)Nc1ccc(C(F)(F)F)cc1Cl. The number of carbonyl (C=O) groups excluding carboxylic acids is 1. The summed E-state index contributed by atoms with van der Waals surface area (Å²) in [4.78, 5) is 11.7. The molecule has 21 heavy (non-hydrogen) atoms. The highest BCUT2D eigenvalue weighted by molar-refractivity contribution is 6.33. The minimum atomic E-state index is -4.48. The lowest BCUT2D eigenvalue weighted by atomic mass is 10.1. The smallest absolute Gasteiger partial charge is 0.396 e. The summed E-state index contributed by atoms with van der Waals surface area (Å²) in [7, 11) is 0. The summed E-state index contributed by atoms with van der Waals surface area (Å²) in [5, 5.41) is 13.9. The molecule has 2 amide bonds. The summed E-state index contributed by atoms with van der Waals surface area (Å²) >= 11 is 5.73. The van der Waals surface area contributed by atoms with Gasteiger partial charge in [0.05, 0.1) is 22.9 Å². The predicted molar refractivity (Wildman–Crippen MR) is 72.2 cm³/mol. The molecule has 0 spiro atoms. The molecule has 0 unspecified atom stereocenters. The van der Waals surface area contributed by atoms with Crippen molar-refractivity contribution >= 4 is 23.3 Å². The van der Waals surface area contributed by atoms with Crippen LogP contribution in [0.25, 0.3) is 0 Å². The number of aliphatic hydroxyl groups excluding tert-OH is 1. The second-order valence-electron chi connectivity index (χ2n) is 5.16. The average molecular weight is 323 g/mol. The van der Waals surface area contributed by atoms with Crippen LogP contribution in [0.3, 0.4) is 0 Å². The molecule has 1 fully saturated rings. The molecule has 0 atom stereocenters. The van der Waals surface area contributed by atoms with Crippen molar-refractivity contribution in [2.24, 2.45) is 5.41 Å². The Balaban J connectivity index is 1.95. The van der Waals surface area contributed by atoms with Gasteiger partial charge in [-0.3, -0.25) is 0 Å². The maximum absolute atomic E-state index is 12.5. The molecule has 3 N–H and O–H groups in total. The van der Waals surface area contributed by atoms with E-state index < -0.39 is 17.8 Å². The molecular formula is C13H14ClF3N2O2. The molecule has 0 heterocycles. The van der Waals surface area contributed by atoms with Gasteiger partial charge in [-0.25, -0.2) is 4.79 Å². The van der Waals surface area contributed by atoms with Gasteiger partial charge < -0.3 is 15.7 Å². The van der Waals surface area contributed by atoms with Gasteiger partial charge in [0.15, 0.2) is 0 Å². The molecule has 2 rings (SSSR count). The molecule has 8 heteroatoms. The highest BCUT2D eigenvalue weighted by Gasteiger charge is 2.42. The average Bonchev–Trinajstić information content (AvgIpc) is 3.18. The van der Waals surface area contributed by atoms with Crippen LogP contribution in [0.2, 0.25) is 5.02 Å². The highest BCUT2D eigenvalue weighted by atomic mass is 35.5. The number of rotatable bonds is 4. The van der Waals surface area contributed by atoms with E-state index in [0.717, 1.165) is 31.0 Å². The van der Waals surface area contributed by atoms with Crippen molar-refractivity contribution < 1.29 is 23.1 Å². The predicted octanol–water partition coefficient (Wildman–Crippen LogP) is 3.25. The van der Waals surface area contributed by atoms with E-state index >= 15 is 0 Å². The summed E-state index contributed by atoms with van der Waals surface area (Å²) in [6.45, 7) is 0.307. The largest absolute Gasteiger partial charge is 0.416 e. The van der Waals surface area contributed by atoms with Crippen molar-refractivity contribution in [3.8, 4) is 0 Å². The lowest BCUT2D eigenvalue weighted by Crippen LogP contribution is -2.35. The number of anilines is 1. The molecule has 1 aromatic rings. The van der Waals surface area contributed by atoms with Gasteiger partial charge >= 0.3 is 12.2 Å².